The van der Waals surface area contributed by atoms with Crippen molar-refractivity contribution in [3.8, 4) is 0 Å². The Labute approximate surface area is 287 Å². The third kappa shape index (κ3) is 13.5. The molecule has 0 amide bonds. The van der Waals surface area contributed by atoms with Gasteiger partial charge < -0.3 is 4.90 Å². The SMILES string of the molecule is CN1C2=C(CCCCCCCCCCCCCCC2)C/C1=C/C/C=C/C1=[N+](C)C2=C(CCCCCCCCCCCCCCC2)C1. The van der Waals surface area contributed by atoms with Crippen LogP contribution in [0.1, 0.15) is 212 Å². The van der Waals surface area contributed by atoms with Crippen LogP contribution in [0.3, 0.4) is 0 Å². The minimum Gasteiger partial charge on any atom is -0.352 e. The zero-order chi connectivity index (χ0) is 32.1. The summed E-state index contributed by atoms with van der Waals surface area (Å²) in [5.41, 5.74) is 9.98. The van der Waals surface area contributed by atoms with Crippen LogP contribution in [0.5, 0.6) is 0 Å². The zero-order valence-corrected chi connectivity index (χ0v) is 31.0. The van der Waals surface area contributed by atoms with Gasteiger partial charge in [-0.1, -0.05) is 153 Å². The molecule has 2 heterocycles. The summed E-state index contributed by atoms with van der Waals surface area (Å²) in [4.78, 5) is 2.60. The summed E-state index contributed by atoms with van der Waals surface area (Å²) in [6.45, 7) is 0. The highest BCUT2D eigenvalue weighted by Gasteiger charge is 2.28. The molecule has 0 unspecified atom stereocenters. The fraction of sp³-hybridized carbons (Fsp3) is 0.795. The van der Waals surface area contributed by atoms with Gasteiger partial charge in [0.1, 0.15) is 7.05 Å². The predicted molar refractivity (Wildman–Crippen MR) is 203 cm³/mol. The molecule has 0 bridgehead atoms. The molecule has 46 heavy (non-hydrogen) atoms. The molecule has 0 aromatic carbocycles. The molecule has 0 fully saturated rings. The van der Waals surface area contributed by atoms with Gasteiger partial charge in [-0.05, 0) is 56.9 Å². The van der Waals surface area contributed by atoms with E-state index in [1.807, 2.05) is 0 Å². The summed E-state index contributed by atoms with van der Waals surface area (Å²) in [5.74, 6) is 0. The van der Waals surface area contributed by atoms with E-state index in [2.05, 4.69) is 41.8 Å². The Hall–Kier alpha value is -1.57. The van der Waals surface area contributed by atoms with Gasteiger partial charge in [0.25, 0.3) is 0 Å². The maximum atomic E-state index is 2.60. The molecule has 2 aliphatic heterocycles. The number of hydrogen-bond donors (Lipinski definition) is 0. The Kier molecular flexibility index (Phi) is 18.5. The van der Waals surface area contributed by atoms with Crippen LogP contribution < -0.4 is 0 Å². The molecule has 0 saturated carbocycles. The maximum absolute atomic E-state index is 2.60. The van der Waals surface area contributed by atoms with Crippen molar-refractivity contribution in [2.24, 2.45) is 0 Å². The molecule has 2 aliphatic carbocycles. The standard InChI is InChI=1S/C44H75N2/c1-45-41(37-39-31-25-21-17-13-9-5-3-7-11-15-19-23-27-35-43(39)45)33-29-30-34-42-38-40-32-26-22-18-14-10-6-4-8-12-16-20-24-28-36-44(40)46(42)2/h29,33-34H,3-28,30-32,35-38H2,1-2H3/q+1/b33-29+,42-34-. The Morgan fingerprint density at radius 3 is 1.41 bits per heavy atom. The molecule has 0 spiro atoms. The van der Waals surface area contributed by atoms with E-state index in [1.54, 1.807) is 28.2 Å². The summed E-state index contributed by atoms with van der Waals surface area (Å²) >= 11 is 0. The second-order valence-corrected chi connectivity index (χ2v) is 15.6. The average molecular weight is 632 g/mol. The van der Waals surface area contributed by atoms with Gasteiger partial charge in [0.2, 0.25) is 0 Å². The first-order valence-electron chi connectivity index (χ1n) is 20.8. The molecular formula is C44H75N2+. The van der Waals surface area contributed by atoms with Gasteiger partial charge in [-0.25, -0.2) is 4.58 Å². The maximum Gasteiger partial charge on any atom is 0.185 e. The first-order chi connectivity index (χ1) is 22.7. The van der Waals surface area contributed by atoms with Crippen LogP contribution in [0, 0.1) is 0 Å². The molecule has 4 rings (SSSR count). The van der Waals surface area contributed by atoms with Crippen LogP contribution >= 0.6 is 0 Å². The summed E-state index contributed by atoms with van der Waals surface area (Å²) in [7, 11) is 4.73. The van der Waals surface area contributed by atoms with Gasteiger partial charge in [0, 0.05) is 42.9 Å². The second-order valence-electron chi connectivity index (χ2n) is 15.6. The van der Waals surface area contributed by atoms with Gasteiger partial charge >= 0.3 is 0 Å². The fourth-order valence-corrected chi connectivity index (χ4v) is 8.79. The molecule has 0 atom stereocenters. The number of rotatable bonds is 3. The van der Waals surface area contributed by atoms with Crippen LogP contribution in [-0.2, 0) is 0 Å². The molecule has 260 valence electrons. The van der Waals surface area contributed by atoms with E-state index >= 15 is 0 Å². The lowest BCUT2D eigenvalue weighted by atomic mass is 9.99. The quantitative estimate of drug-likeness (QED) is 0.281. The first kappa shape index (κ1) is 37.3. The summed E-state index contributed by atoms with van der Waals surface area (Å²) < 4.78 is 2.59. The molecule has 0 saturated heterocycles. The van der Waals surface area contributed by atoms with Gasteiger partial charge in [0.05, 0.1) is 6.42 Å². The Morgan fingerprint density at radius 1 is 0.500 bits per heavy atom. The van der Waals surface area contributed by atoms with Crippen LogP contribution in [0.25, 0.3) is 0 Å². The third-order valence-electron chi connectivity index (χ3n) is 11.9. The summed E-state index contributed by atoms with van der Waals surface area (Å²) in [6, 6.07) is 0. The van der Waals surface area contributed by atoms with E-state index in [4.69, 9.17) is 0 Å². The van der Waals surface area contributed by atoms with Gasteiger partial charge in [-0.15, -0.1) is 0 Å². The van der Waals surface area contributed by atoms with E-state index in [0.29, 0.717) is 0 Å². The van der Waals surface area contributed by atoms with Gasteiger partial charge in [0.15, 0.2) is 11.4 Å². The number of hydrogen-bond acceptors (Lipinski definition) is 1. The Balaban J connectivity index is 1.30. The Morgan fingerprint density at radius 2 is 0.913 bits per heavy atom. The molecular weight excluding hydrogens is 556 g/mol. The first-order valence-corrected chi connectivity index (χ1v) is 20.8. The zero-order valence-electron chi connectivity index (χ0n) is 31.0. The fourth-order valence-electron chi connectivity index (χ4n) is 8.79. The van der Waals surface area contributed by atoms with Crippen molar-refractivity contribution in [3.05, 3.63) is 46.5 Å². The molecule has 4 aliphatic rings. The summed E-state index contributed by atoms with van der Waals surface area (Å²) in [6.07, 6.45) is 53.6. The van der Waals surface area contributed by atoms with Crippen molar-refractivity contribution >= 4 is 5.71 Å². The van der Waals surface area contributed by atoms with E-state index < -0.39 is 0 Å². The Bertz CT molecular complexity index is 1020. The molecule has 0 aromatic rings. The number of allylic oxidation sites excluding steroid dienone is 7. The van der Waals surface area contributed by atoms with E-state index in [9.17, 15) is 0 Å². The summed E-state index contributed by atoms with van der Waals surface area (Å²) in [5, 5.41) is 0. The second kappa shape index (κ2) is 22.9. The van der Waals surface area contributed by atoms with Crippen molar-refractivity contribution in [1.29, 1.82) is 0 Å². The lowest BCUT2D eigenvalue weighted by Gasteiger charge is -2.19. The molecule has 0 N–H and O–H groups in total. The van der Waals surface area contributed by atoms with Gasteiger partial charge in [-0.3, -0.25) is 0 Å². The minimum absolute atomic E-state index is 1.06. The van der Waals surface area contributed by atoms with E-state index in [1.165, 1.54) is 211 Å². The monoisotopic (exact) mass is 632 g/mol. The molecule has 0 aromatic heterocycles. The van der Waals surface area contributed by atoms with Crippen LogP contribution in [0.4, 0.5) is 0 Å². The van der Waals surface area contributed by atoms with Crippen molar-refractivity contribution in [2.45, 2.75) is 212 Å². The third-order valence-corrected chi connectivity index (χ3v) is 11.9. The number of nitrogens with zero attached hydrogens (tertiary/aromatic N) is 2. The van der Waals surface area contributed by atoms with Gasteiger partial charge in [-0.2, -0.15) is 0 Å². The predicted octanol–water partition coefficient (Wildman–Crippen LogP) is 13.9. The highest BCUT2D eigenvalue weighted by atomic mass is 15.1. The molecule has 2 nitrogen and oxygen atoms in total. The normalized spacial score (nSPS) is 25.2. The van der Waals surface area contributed by atoms with Crippen molar-refractivity contribution < 1.29 is 4.58 Å². The van der Waals surface area contributed by atoms with Crippen molar-refractivity contribution in [2.75, 3.05) is 14.1 Å². The smallest absolute Gasteiger partial charge is 0.185 e. The average Bonchev–Trinajstić information content (AvgIpc) is 3.52. The topological polar surface area (TPSA) is 6.25 Å². The van der Waals surface area contributed by atoms with Crippen LogP contribution in [0.2, 0.25) is 0 Å². The van der Waals surface area contributed by atoms with Crippen LogP contribution in [-0.4, -0.2) is 29.3 Å². The lowest BCUT2D eigenvalue weighted by molar-refractivity contribution is -0.443. The van der Waals surface area contributed by atoms with Crippen LogP contribution in [0.15, 0.2) is 46.5 Å². The van der Waals surface area contributed by atoms with E-state index in [-0.39, 0.29) is 0 Å². The molecule has 0 radical (unpaired) electrons. The highest BCUT2D eigenvalue weighted by Crippen LogP contribution is 2.37. The van der Waals surface area contributed by atoms with Crippen molar-refractivity contribution in [1.82, 2.24) is 4.90 Å². The van der Waals surface area contributed by atoms with Crippen molar-refractivity contribution in [3.63, 3.8) is 0 Å². The highest BCUT2D eigenvalue weighted by molar-refractivity contribution is 5.94. The lowest BCUT2D eigenvalue weighted by Crippen LogP contribution is -2.12. The minimum atomic E-state index is 1.06. The largest absolute Gasteiger partial charge is 0.352 e. The van der Waals surface area contributed by atoms with E-state index in [0.717, 1.165) is 6.42 Å². The molecule has 2 heteroatoms.